The molecule has 0 aliphatic rings. The zero-order valence-corrected chi connectivity index (χ0v) is 12.9. The smallest absolute Gasteiger partial charge is 0.497 e. The fraction of sp³-hybridized carbons (Fsp3) is 0.188. The minimum atomic E-state index is -4.75. The van der Waals surface area contributed by atoms with E-state index in [4.69, 9.17) is 4.74 Å². The highest BCUT2D eigenvalue weighted by Crippen LogP contribution is 2.24. The summed E-state index contributed by atoms with van der Waals surface area (Å²) in [5.74, 6) is 0.304. The number of alkyl halides is 3. The van der Waals surface area contributed by atoms with Crippen molar-refractivity contribution in [2.75, 3.05) is 17.7 Å². The van der Waals surface area contributed by atoms with Gasteiger partial charge in [-0.25, -0.2) is 4.79 Å². The van der Waals surface area contributed by atoms with Crippen LogP contribution in [-0.4, -0.2) is 19.5 Å². The fourth-order valence-electron chi connectivity index (χ4n) is 1.93. The molecule has 0 heterocycles. The Labute approximate surface area is 136 Å². The number of benzene rings is 2. The van der Waals surface area contributed by atoms with E-state index in [9.17, 15) is 18.0 Å². The van der Waals surface area contributed by atoms with E-state index in [0.29, 0.717) is 17.1 Å². The number of anilines is 2. The molecule has 2 aromatic rings. The predicted molar refractivity (Wildman–Crippen MR) is 83.5 cm³/mol. The van der Waals surface area contributed by atoms with Crippen molar-refractivity contribution in [3.05, 3.63) is 48.0 Å². The maximum Gasteiger partial charge on any atom is 0.573 e. The summed E-state index contributed by atoms with van der Waals surface area (Å²) < 4.78 is 45.1. The zero-order chi connectivity index (χ0) is 17.7. The number of nitrogens with one attached hydrogen (secondary N) is 2. The van der Waals surface area contributed by atoms with Crippen LogP contribution in [0.2, 0.25) is 0 Å². The first-order valence-corrected chi connectivity index (χ1v) is 6.85. The van der Waals surface area contributed by atoms with Gasteiger partial charge in [0, 0.05) is 11.4 Å². The Bertz CT molecular complexity index is 715. The third-order valence-corrected chi connectivity index (χ3v) is 3.03. The molecule has 0 radical (unpaired) electrons. The van der Waals surface area contributed by atoms with Gasteiger partial charge in [-0.3, -0.25) is 0 Å². The number of halogens is 3. The number of carbonyl (C=O) groups is 1. The van der Waals surface area contributed by atoms with Gasteiger partial charge in [-0.05, 0) is 55.0 Å². The highest BCUT2D eigenvalue weighted by molar-refractivity contribution is 6.00. The van der Waals surface area contributed by atoms with E-state index in [0.717, 1.165) is 17.7 Å². The Morgan fingerprint density at radius 2 is 1.62 bits per heavy atom. The van der Waals surface area contributed by atoms with Crippen molar-refractivity contribution >= 4 is 17.4 Å². The van der Waals surface area contributed by atoms with Gasteiger partial charge in [-0.1, -0.05) is 0 Å². The molecule has 0 fully saturated rings. The third kappa shape index (κ3) is 5.08. The summed E-state index contributed by atoms with van der Waals surface area (Å²) in [5, 5.41) is 5.16. The number of rotatable bonds is 4. The molecular weight excluding hydrogens is 325 g/mol. The number of ether oxygens (including phenoxy) is 2. The van der Waals surface area contributed by atoms with Gasteiger partial charge in [-0.2, -0.15) is 0 Å². The molecule has 0 atom stereocenters. The van der Waals surface area contributed by atoms with Crippen molar-refractivity contribution in [2.24, 2.45) is 0 Å². The van der Waals surface area contributed by atoms with Crippen LogP contribution in [-0.2, 0) is 0 Å². The van der Waals surface area contributed by atoms with Crippen LogP contribution < -0.4 is 20.1 Å². The number of aryl methyl sites for hydroxylation is 1. The summed E-state index contributed by atoms with van der Waals surface area (Å²) in [6, 6.07) is 9.47. The lowest BCUT2D eigenvalue weighted by Crippen LogP contribution is -2.20. The van der Waals surface area contributed by atoms with Crippen LogP contribution in [0.25, 0.3) is 0 Å². The number of hydrogen-bond donors (Lipinski definition) is 2. The molecule has 0 aliphatic heterocycles. The molecule has 2 rings (SSSR count). The maximum atomic E-state index is 12.1. The Morgan fingerprint density at radius 1 is 1.00 bits per heavy atom. The van der Waals surface area contributed by atoms with E-state index in [1.807, 2.05) is 0 Å². The lowest BCUT2D eigenvalue weighted by atomic mass is 10.2. The van der Waals surface area contributed by atoms with Crippen molar-refractivity contribution in [2.45, 2.75) is 13.3 Å². The summed E-state index contributed by atoms with van der Waals surface area (Å²) in [6.07, 6.45) is -4.75. The minimum absolute atomic E-state index is 0.327. The summed E-state index contributed by atoms with van der Waals surface area (Å²) in [4.78, 5) is 11.9. The Morgan fingerprint density at radius 3 is 2.17 bits per heavy atom. The van der Waals surface area contributed by atoms with Crippen molar-refractivity contribution in [3.63, 3.8) is 0 Å². The van der Waals surface area contributed by atoms with Gasteiger partial charge in [0.2, 0.25) is 0 Å². The molecule has 2 amide bonds. The molecule has 5 nitrogen and oxygen atoms in total. The highest BCUT2D eigenvalue weighted by atomic mass is 19.4. The van der Waals surface area contributed by atoms with Gasteiger partial charge in [0.1, 0.15) is 11.5 Å². The van der Waals surface area contributed by atoms with E-state index in [2.05, 4.69) is 15.4 Å². The molecule has 2 N–H and O–H groups in total. The highest BCUT2D eigenvalue weighted by Gasteiger charge is 2.30. The van der Waals surface area contributed by atoms with Crippen LogP contribution in [0, 0.1) is 6.92 Å². The minimum Gasteiger partial charge on any atom is -0.497 e. The van der Waals surface area contributed by atoms with E-state index in [1.165, 1.54) is 12.1 Å². The molecule has 0 saturated heterocycles. The normalized spacial score (nSPS) is 10.9. The van der Waals surface area contributed by atoms with Crippen LogP contribution in [0.4, 0.5) is 29.3 Å². The van der Waals surface area contributed by atoms with E-state index in [-0.39, 0.29) is 5.75 Å². The van der Waals surface area contributed by atoms with Crippen molar-refractivity contribution in [1.29, 1.82) is 0 Å². The summed E-state index contributed by atoms with van der Waals surface area (Å²) in [6.45, 7) is 1.81. The Hall–Kier alpha value is -2.90. The summed E-state index contributed by atoms with van der Waals surface area (Å²) >= 11 is 0. The molecule has 0 spiro atoms. The number of urea groups is 1. The second kappa shape index (κ2) is 7.12. The summed E-state index contributed by atoms with van der Waals surface area (Å²) in [5.41, 5.74) is 1.72. The van der Waals surface area contributed by atoms with Crippen LogP contribution in [0.3, 0.4) is 0 Å². The Balaban J connectivity index is 1.97. The van der Waals surface area contributed by atoms with Gasteiger partial charge < -0.3 is 20.1 Å². The number of amides is 2. The largest absolute Gasteiger partial charge is 0.573 e. The second-order valence-corrected chi connectivity index (χ2v) is 4.83. The molecule has 0 bridgehead atoms. The summed E-state index contributed by atoms with van der Waals surface area (Å²) in [7, 11) is 1.54. The molecule has 24 heavy (non-hydrogen) atoms. The quantitative estimate of drug-likeness (QED) is 0.859. The second-order valence-electron chi connectivity index (χ2n) is 4.83. The fourth-order valence-corrected chi connectivity index (χ4v) is 1.93. The standard InChI is InChI=1S/C16H15F3N2O3/c1-10-9-13(23-2)7-8-14(10)21-15(22)20-11-3-5-12(6-4-11)24-16(17,18)19/h3-9H,1-2H3,(H2,20,21,22). The molecule has 0 aliphatic carbocycles. The number of methoxy groups -OCH3 is 1. The van der Waals surface area contributed by atoms with Crippen molar-refractivity contribution in [1.82, 2.24) is 0 Å². The van der Waals surface area contributed by atoms with Crippen LogP contribution in [0.15, 0.2) is 42.5 Å². The number of carbonyl (C=O) groups excluding carboxylic acids is 1. The number of hydrogen-bond acceptors (Lipinski definition) is 3. The lowest BCUT2D eigenvalue weighted by Gasteiger charge is -2.12. The zero-order valence-electron chi connectivity index (χ0n) is 12.9. The topological polar surface area (TPSA) is 59.6 Å². The van der Waals surface area contributed by atoms with Crippen LogP contribution in [0.1, 0.15) is 5.56 Å². The molecule has 0 aromatic heterocycles. The molecule has 128 valence electrons. The molecule has 0 unspecified atom stereocenters. The average Bonchev–Trinajstić information content (AvgIpc) is 2.50. The van der Waals surface area contributed by atoms with E-state index >= 15 is 0 Å². The monoisotopic (exact) mass is 340 g/mol. The first-order valence-electron chi connectivity index (χ1n) is 6.85. The molecule has 2 aromatic carbocycles. The lowest BCUT2D eigenvalue weighted by molar-refractivity contribution is -0.274. The van der Waals surface area contributed by atoms with Gasteiger partial charge in [-0.15, -0.1) is 13.2 Å². The third-order valence-electron chi connectivity index (χ3n) is 3.03. The SMILES string of the molecule is COc1ccc(NC(=O)Nc2ccc(OC(F)(F)F)cc2)c(C)c1. The first-order chi connectivity index (χ1) is 11.3. The van der Waals surface area contributed by atoms with Crippen molar-refractivity contribution < 1.29 is 27.4 Å². The van der Waals surface area contributed by atoms with Gasteiger partial charge in [0.05, 0.1) is 7.11 Å². The maximum absolute atomic E-state index is 12.1. The van der Waals surface area contributed by atoms with Crippen molar-refractivity contribution in [3.8, 4) is 11.5 Å². The van der Waals surface area contributed by atoms with E-state index in [1.54, 1.807) is 32.2 Å². The average molecular weight is 340 g/mol. The van der Waals surface area contributed by atoms with Gasteiger partial charge >= 0.3 is 12.4 Å². The van der Waals surface area contributed by atoms with Crippen LogP contribution >= 0.6 is 0 Å². The van der Waals surface area contributed by atoms with Crippen LogP contribution in [0.5, 0.6) is 11.5 Å². The molecular formula is C16H15F3N2O3. The van der Waals surface area contributed by atoms with Gasteiger partial charge in [0.15, 0.2) is 0 Å². The molecule has 8 heteroatoms. The Kier molecular flexibility index (Phi) is 5.18. The van der Waals surface area contributed by atoms with Gasteiger partial charge in [0.25, 0.3) is 0 Å². The first kappa shape index (κ1) is 17.5. The predicted octanol–water partition coefficient (Wildman–Crippen LogP) is 4.55. The molecule has 0 saturated carbocycles. The van der Waals surface area contributed by atoms with E-state index < -0.39 is 12.4 Å².